The SMILES string of the molecule is CC(C)NCc1ccc(N2CCn3cnnc3C2)cc1. The molecule has 1 aromatic heterocycles. The maximum Gasteiger partial charge on any atom is 0.152 e. The van der Waals surface area contributed by atoms with Gasteiger partial charge < -0.3 is 14.8 Å². The van der Waals surface area contributed by atoms with E-state index in [0.29, 0.717) is 6.04 Å². The lowest BCUT2D eigenvalue weighted by atomic mass is 10.1. The zero-order valence-electron chi connectivity index (χ0n) is 12.1. The first-order chi connectivity index (χ1) is 9.72. The highest BCUT2D eigenvalue weighted by Crippen LogP contribution is 2.20. The summed E-state index contributed by atoms with van der Waals surface area (Å²) in [6.45, 7) is 8.06. The number of aromatic nitrogens is 3. The topological polar surface area (TPSA) is 46.0 Å². The van der Waals surface area contributed by atoms with Crippen LogP contribution in [-0.2, 0) is 19.6 Å². The molecule has 5 nitrogen and oxygen atoms in total. The summed E-state index contributed by atoms with van der Waals surface area (Å²) in [7, 11) is 0. The number of nitrogens with zero attached hydrogens (tertiary/aromatic N) is 4. The minimum Gasteiger partial charge on any atom is -0.362 e. The van der Waals surface area contributed by atoms with Crippen LogP contribution in [-0.4, -0.2) is 27.4 Å². The summed E-state index contributed by atoms with van der Waals surface area (Å²) in [5, 5.41) is 11.6. The van der Waals surface area contributed by atoms with E-state index in [1.54, 1.807) is 0 Å². The Kier molecular flexibility index (Phi) is 3.69. The van der Waals surface area contributed by atoms with E-state index in [-0.39, 0.29) is 0 Å². The molecule has 20 heavy (non-hydrogen) atoms. The van der Waals surface area contributed by atoms with Crippen LogP contribution in [0.15, 0.2) is 30.6 Å². The predicted molar refractivity (Wildman–Crippen MR) is 79.5 cm³/mol. The van der Waals surface area contributed by atoms with Crippen molar-refractivity contribution in [3.8, 4) is 0 Å². The van der Waals surface area contributed by atoms with Crippen molar-refractivity contribution in [3.05, 3.63) is 42.0 Å². The second kappa shape index (κ2) is 5.63. The Morgan fingerprint density at radius 1 is 1.20 bits per heavy atom. The van der Waals surface area contributed by atoms with Gasteiger partial charge in [-0.2, -0.15) is 0 Å². The third-order valence-corrected chi connectivity index (χ3v) is 3.65. The molecule has 0 saturated carbocycles. The number of rotatable bonds is 4. The minimum absolute atomic E-state index is 0.517. The van der Waals surface area contributed by atoms with Gasteiger partial charge in [-0.1, -0.05) is 26.0 Å². The van der Waals surface area contributed by atoms with Gasteiger partial charge in [-0.25, -0.2) is 0 Å². The number of nitrogens with one attached hydrogen (secondary N) is 1. The van der Waals surface area contributed by atoms with Crippen LogP contribution >= 0.6 is 0 Å². The van der Waals surface area contributed by atoms with E-state index in [2.05, 4.69) is 63.1 Å². The molecule has 0 atom stereocenters. The molecule has 0 amide bonds. The van der Waals surface area contributed by atoms with Crippen molar-refractivity contribution < 1.29 is 0 Å². The van der Waals surface area contributed by atoms with Crippen LogP contribution in [0.25, 0.3) is 0 Å². The van der Waals surface area contributed by atoms with Crippen LogP contribution in [0.5, 0.6) is 0 Å². The van der Waals surface area contributed by atoms with Crippen molar-refractivity contribution in [1.29, 1.82) is 0 Å². The number of hydrogen-bond acceptors (Lipinski definition) is 4. The van der Waals surface area contributed by atoms with Crippen LogP contribution in [0.1, 0.15) is 25.2 Å². The standard InChI is InChI=1S/C15H21N5/c1-12(2)16-9-13-3-5-14(6-4-13)19-7-8-20-11-17-18-15(20)10-19/h3-6,11-12,16H,7-10H2,1-2H3. The van der Waals surface area contributed by atoms with Crippen molar-refractivity contribution in [2.24, 2.45) is 0 Å². The van der Waals surface area contributed by atoms with Crippen LogP contribution in [0.4, 0.5) is 5.69 Å². The van der Waals surface area contributed by atoms with Gasteiger partial charge in [0.2, 0.25) is 0 Å². The molecule has 0 aliphatic carbocycles. The van der Waals surface area contributed by atoms with E-state index in [4.69, 9.17) is 0 Å². The quantitative estimate of drug-likeness (QED) is 0.921. The average molecular weight is 271 g/mol. The summed E-state index contributed by atoms with van der Waals surface area (Å²) in [5.41, 5.74) is 2.58. The summed E-state index contributed by atoms with van der Waals surface area (Å²) in [4.78, 5) is 2.35. The molecule has 0 unspecified atom stereocenters. The van der Waals surface area contributed by atoms with Crippen molar-refractivity contribution in [2.75, 3.05) is 11.4 Å². The predicted octanol–water partition coefficient (Wildman–Crippen LogP) is 1.80. The van der Waals surface area contributed by atoms with Gasteiger partial charge in [-0.15, -0.1) is 10.2 Å². The van der Waals surface area contributed by atoms with Crippen molar-refractivity contribution in [1.82, 2.24) is 20.1 Å². The summed E-state index contributed by atoms with van der Waals surface area (Å²) in [6.07, 6.45) is 1.81. The van der Waals surface area contributed by atoms with Gasteiger partial charge in [0.25, 0.3) is 0 Å². The Balaban J connectivity index is 1.66. The third-order valence-electron chi connectivity index (χ3n) is 3.65. The fourth-order valence-corrected chi connectivity index (χ4v) is 2.43. The highest BCUT2D eigenvalue weighted by Gasteiger charge is 2.17. The molecule has 1 aromatic carbocycles. The molecular weight excluding hydrogens is 250 g/mol. The Morgan fingerprint density at radius 3 is 2.75 bits per heavy atom. The third kappa shape index (κ3) is 2.82. The van der Waals surface area contributed by atoms with Gasteiger partial charge >= 0.3 is 0 Å². The van der Waals surface area contributed by atoms with E-state index < -0.39 is 0 Å². The number of hydrogen-bond donors (Lipinski definition) is 1. The first-order valence-corrected chi connectivity index (χ1v) is 7.16. The van der Waals surface area contributed by atoms with Gasteiger partial charge in [-0.05, 0) is 17.7 Å². The van der Waals surface area contributed by atoms with Crippen LogP contribution < -0.4 is 10.2 Å². The number of fused-ring (bicyclic) bond motifs is 1. The Labute approximate surface area is 119 Å². The summed E-state index contributed by atoms with van der Waals surface area (Å²) < 4.78 is 2.12. The van der Waals surface area contributed by atoms with Crippen LogP contribution in [0, 0.1) is 0 Å². The maximum atomic E-state index is 4.16. The van der Waals surface area contributed by atoms with Gasteiger partial charge in [0.15, 0.2) is 5.82 Å². The smallest absolute Gasteiger partial charge is 0.152 e. The molecule has 3 rings (SSSR count). The molecule has 0 radical (unpaired) electrons. The van der Waals surface area contributed by atoms with E-state index >= 15 is 0 Å². The highest BCUT2D eigenvalue weighted by molar-refractivity contribution is 5.48. The molecule has 2 aromatic rings. The van der Waals surface area contributed by atoms with Crippen molar-refractivity contribution in [2.45, 2.75) is 39.5 Å². The molecule has 0 bridgehead atoms. The molecule has 0 fully saturated rings. The molecule has 1 aliphatic heterocycles. The lowest BCUT2D eigenvalue weighted by molar-refractivity contribution is 0.560. The highest BCUT2D eigenvalue weighted by atomic mass is 15.3. The largest absolute Gasteiger partial charge is 0.362 e. The summed E-state index contributed by atoms with van der Waals surface area (Å²) >= 11 is 0. The fourth-order valence-electron chi connectivity index (χ4n) is 2.43. The second-order valence-corrected chi connectivity index (χ2v) is 5.56. The van der Waals surface area contributed by atoms with Gasteiger partial charge in [-0.3, -0.25) is 0 Å². The molecule has 0 spiro atoms. The van der Waals surface area contributed by atoms with Crippen LogP contribution in [0.3, 0.4) is 0 Å². The fraction of sp³-hybridized carbons (Fsp3) is 0.467. The number of benzene rings is 1. The van der Waals surface area contributed by atoms with E-state index in [1.807, 2.05) is 6.33 Å². The number of anilines is 1. The molecule has 2 heterocycles. The van der Waals surface area contributed by atoms with Crippen molar-refractivity contribution in [3.63, 3.8) is 0 Å². The monoisotopic (exact) mass is 271 g/mol. The van der Waals surface area contributed by atoms with Gasteiger partial charge in [0.05, 0.1) is 6.54 Å². The lowest BCUT2D eigenvalue weighted by Crippen LogP contribution is -2.33. The van der Waals surface area contributed by atoms with Gasteiger partial charge in [0.1, 0.15) is 6.33 Å². The van der Waals surface area contributed by atoms with Crippen LogP contribution in [0.2, 0.25) is 0 Å². The average Bonchev–Trinajstić information content (AvgIpc) is 2.93. The van der Waals surface area contributed by atoms with E-state index in [9.17, 15) is 0 Å². The molecule has 1 aliphatic rings. The first kappa shape index (κ1) is 13.1. The second-order valence-electron chi connectivity index (χ2n) is 5.56. The minimum atomic E-state index is 0.517. The molecule has 0 saturated heterocycles. The van der Waals surface area contributed by atoms with E-state index in [0.717, 1.165) is 32.0 Å². The Morgan fingerprint density at radius 2 is 2.00 bits per heavy atom. The lowest BCUT2D eigenvalue weighted by Gasteiger charge is -2.29. The zero-order chi connectivity index (χ0) is 13.9. The Bertz CT molecular complexity index is 558. The van der Waals surface area contributed by atoms with Crippen molar-refractivity contribution >= 4 is 5.69 Å². The Hall–Kier alpha value is -1.88. The summed E-state index contributed by atoms with van der Waals surface area (Å²) in [6, 6.07) is 9.31. The zero-order valence-corrected chi connectivity index (χ0v) is 12.1. The molecule has 5 heteroatoms. The molecular formula is C15H21N5. The summed E-state index contributed by atoms with van der Waals surface area (Å²) in [5.74, 6) is 1.04. The van der Waals surface area contributed by atoms with E-state index in [1.165, 1.54) is 11.3 Å². The first-order valence-electron chi connectivity index (χ1n) is 7.16. The van der Waals surface area contributed by atoms with Gasteiger partial charge in [0, 0.05) is 31.4 Å². The normalized spacial score (nSPS) is 14.7. The maximum absolute atomic E-state index is 4.16. The molecule has 106 valence electrons. The molecule has 1 N–H and O–H groups in total.